The summed E-state index contributed by atoms with van der Waals surface area (Å²) in [5.74, 6) is -0.520. The van der Waals surface area contributed by atoms with Crippen LogP contribution in [-0.2, 0) is 4.79 Å². The largest absolute Gasteiger partial charge is 0.358 e. The molecule has 1 aromatic rings. The Morgan fingerprint density at radius 3 is 2.25 bits per heavy atom. The number of rotatable bonds is 3. The van der Waals surface area contributed by atoms with Crippen LogP contribution in [0.4, 0.5) is 0 Å². The van der Waals surface area contributed by atoms with E-state index in [1.54, 1.807) is 12.1 Å². The van der Waals surface area contributed by atoms with E-state index >= 15 is 0 Å². The van der Waals surface area contributed by atoms with Crippen molar-refractivity contribution in [3.8, 4) is 0 Å². The van der Waals surface area contributed by atoms with Gasteiger partial charge in [0.1, 0.15) is 0 Å². The molecule has 86 valence electrons. The summed E-state index contributed by atoms with van der Waals surface area (Å²) in [6.45, 7) is -0.0283. The maximum Gasteiger partial charge on any atom is 0.251 e. The van der Waals surface area contributed by atoms with Gasteiger partial charge in [-0.3, -0.25) is 9.59 Å². The first kappa shape index (κ1) is 13.2. The molecule has 0 fully saturated rings. The first-order valence-electron chi connectivity index (χ1n) is 4.48. The number of benzene rings is 1. The number of nitrogens with one attached hydrogen (secondary N) is 2. The van der Waals surface area contributed by atoms with Gasteiger partial charge in [-0.15, -0.1) is 0 Å². The van der Waals surface area contributed by atoms with E-state index in [-0.39, 0.29) is 18.4 Å². The minimum Gasteiger partial charge on any atom is -0.358 e. The van der Waals surface area contributed by atoms with Crippen molar-refractivity contribution in [3.63, 3.8) is 0 Å². The van der Waals surface area contributed by atoms with Gasteiger partial charge in [0.25, 0.3) is 5.91 Å². The SMILES string of the molecule is CNC(=O)CNC(=O)c1cc(Br)cc(Br)c1. The summed E-state index contributed by atoms with van der Waals surface area (Å²) in [5, 5.41) is 4.93. The molecule has 0 saturated heterocycles. The quantitative estimate of drug-likeness (QED) is 0.872. The van der Waals surface area contributed by atoms with Gasteiger partial charge in [-0.05, 0) is 18.2 Å². The van der Waals surface area contributed by atoms with Crippen LogP contribution in [0, 0.1) is 0 Å². The van der Waals surface area contributed by atoms with Crippen LogP contribution < -0.4 is 10.6 Å². The second-order valence-electron chi connectivity index (χ2n) is 3.01. The highest BCUT2D eigenvalue weighted by atomic mass is 79.9. The van der Waals surface area contributed by atoms with E-state index < -0.39 is 0 Å². The van der Waals surface area contributed by atoms with Gasteiger partial charge in [0.05, 0.1) is 6.54 Å². The lowest BCUT2D eigenvalue weighted by molar-refractivity contribution is -0.119. The van der Waals surface area contributed by atoms with E-state index in [0.29, 0.717) is 5.56 Å². The molecule has 0 unspecified atom stereocenters. The Morgan fingerprint density at radius 2 is 1.75 bits per heavy atom. The van der Waals surface area contributed by atoms with Crippen molar-refractivity contribution in [2.24, 2.45) is 0 Å². The Bertz CT molecular complexity index is 401. The van der Waals surface area contributed by atoms with Crippen LogP contribution in [0.3, 0.4) is 0 Å². The number of halogens is 2. The lowest BCUT2D eigenvalue weighted by Gasteiger charge is -2.05. The third-order valence-corrected chi connectivity index (χ3v) is 2.73. The molecule has 1 rings (SSSR count). The van der Waals surface area contributed by atoms with Crippen LogP contribution in [0.15, 0.2) is 27.1 Å². The maximum absolute atomic E-state index is 11.6. The standard InChI is InChI=1S/C10H10Br2N2O2/c1-13-9(15)5-14-10(16)6-2-7(11)4-8(12)3-6/h2-4H,5H2,1H3,(H,13,15)(H,14,16). The molecule has 0 aliphatic heterocycles. The summed E-state index contributed by atoms with van der Waals surface area (Å²) in [6.07, 6.45) is 0. The molecule has 0 radical (unpaired) electrons. The molecule has 0 aliphatic rings. The Balaban J connectivity index is 2.69. The third kappa shape index (κ3) is 3.94. The third-order valence-electron chi connectivity index (χ3n) is 1.81. The van der Waals surface area contributed by atoms with Crippen molar-refractivity contribution < 1.29 is 9.59 Å². The van der Waals surface area contributed by atoms with Crippen molar-refractivity contribution in [1.82, 2.24) is 10.6 Å². The van der Waals surface area contributed by atoms with E-state index in [1.165, 1.54) is 7.05 Å². The highest BCUT2D eigenvalue weighted by Crippen LogP contribution is 2.19. The maximum atomic E-state index is 11.6. The van der Waals surface area contributed by atoms with Gasteiger partial charge in [-0.25, -0.2) is 0 Å². The van der Waals surface area contributed by atoms with Gasteiger partial charge in [0.15, 0.2) is 0 Å². The predicted molar refractivity (Wildman–Crippen MR) is 68.2 cm³/mol. The number of amides is 2. The van der Waals surface area contributed by atoms with Crippen LogP contribution in [0.1, 0.15) is 10.4 Å². The number of carbonyl (C=O) groups is 2. The fraction of sp³-hybridized carbons (Fsp3) is 0.200. The van der Waals surface area contributed by atoms with Gasteiger partial charge in [0.2, 0.25) is 5.91 Å². The summed E-state index contributed by atoms with van der Waals surface area (Å²) < 4.78 is 1.60. The molecule has 16 heavy (non-hydrogen) atoms. The summed E-state index contributed by atoms with van der Waals surface area (Å²) in [4.78, 5) is 22.6. The van der Waals surface area contributed by atoms with Gasteiger partial charge >= 0.3 is 0 Å². The van der Waals surface area contributed by atoms with Gasteiger partial charge < -0.3 is 10.6 Å². The van der Waals surface area contributed by atoms with Crippen molar-refractivity contribution in [3.05, 3.63) is 32.7 Å². The molecular formula is C10H10Br2N2O2. The predicted octanol–water partition coefficient (Wildman–Crippen LogP) is 1.69. The minimum absolute atomic E-state index is 0.0283. The smallest absolute Gasteiger partial charge is 0.251 e. The monoisotopic (exact) mass is 348 g/mol. The molecule has 0 saturated carbocycles. The Kier molecular flexibility index (Phi) is 4.95. The Morgan fingerprint density at radius 1 is 1.19 bits per heavy atom. The summed E-state index contributed by atoms with van der Waals surface area (Å²) in [7, 11) is 1.52. The number of hydrogen-bond acceptors (Lipinski definition) is 2. The second-order valence-corrected chi connectivity index (χ2v) is 4.85. The minimum atomic E-state index is -0.286. The van der Waals surface area contributed by atoms with Gasteiger partial charge in [-0.2, -0.15) is 0 Å². The van der Waals surface area contributed by atoms with E-state index in [1.807, 2.05) is 6.07 Å². The number of hydrogen-bond donors (Lipinski definition) is 2. The van der Waals surface area contributed by atoms with E-state index in [9.17, 15) is 9.59 Å². The first-order valence-corrected chi connectivity index (χ1v) is 6.06. The molecule has 0 atom stereocenters. The summed E-state index contributed by atoms with van der Waals surface area (Å²) in [6, 6.07) is 5.20. The molecule has 0 heterocycles. The molecule has 0 aliphatic carbocycles. The molecule has 2 amide bonds. The molecule has 2 N–H and O–H groups in total. The summed E-state index contributed by atoms with van der Waals surface area (Å²) in [5.41, 5.74) is 0.491. The zero-order valence-corrected chi connectivity index (χ0v) is 11.7. The lowest BCUT2D eigenvalue weighted by Crippen LogP contribution is -2.35. The van der Waals surface area contributed by atoms with E-state index in [4.69, 9.17) is 0 Å². The molecule has 6 heteroatoms. The molecule has 1 aromatic carbocycles. The number of likely N-dealkylation sites (N-methyl/N-ethyl adjacent to an activating group) is 1. The van der Waals surface area contributed by atoms with Crippen molar-refractivity contribution in [2.75, 3.05) is 13.6 Å². The molecular weight excluding hydrogens is 340 g/mol. The molecule has 0 spiro atoms. The van der Waals surface area contributed by atoms with Gasteiger partial charge in [0, 0.05) is 21.6 Å². The average Bonchev–Trinajstić information content (AvgIpc) is 2.23. The highest BCUT2D eigenvalue weighted by molar-refractivity contribution is 9.11. The second kappa shape index (κ2) is 6.00. The van der Waals surface area contributed by atoms with Crippen molar-refractivity contribution in [1.29, 1.82) is 0 Å². The van der Waals surface area contributed by atoms with E-state index in [0.717, 1.165) is 8.95 Å². The van der Waals surface area contributed by atoms with Crippen molar-refractivity contribution >= 4 is 43.7 Å². The van der Waals surface area contributed by atoms with Gasteiger partial charge in [-0.1, -0.05) is 31.9 Å². The van der Waals surface area contributed by atoms with Crippen LogP contribution in [-0.4, -0.2) is 25.4 Å². The van der Waals surface area contributed by atoms with Crippen LogP contribution in [0.5, 0.6) is 0 Å². The zero-order valence-electron chi connectivity index (χ0n) is 8.51. The van der Waals surface area contributed by atoms with Crippen LogP contribution in [0.2, 0.25) is 0 Å². The Hall–Kier alpha value is -0.880. The topological polar surface area (TPSA) is 58.2 Å². The fourth-order valence-corrected chi connectivity index (χ4v) is 2.33. The fourth-order valence-electron chi connectivity index (χ4n) is 1.04. The average molecular weight is 350 g/mol. The highest BCUT2D eigenvalue weighted by Gasteiger charge is 2.08. The lowest BCUT2D eigenvalue weighted by atomic mass is 10.2. The molecule has 0 bridgehead atoms. The normalized spacial score (nSPS) is 9.69. The molecule has 0 aromatic heterocycles. The first-order chi connectivity index (χ1) is 7.52. The van der Waals surface area contributed by atoms with Crippen LogP contribution >= 0.6 is 31.9 Å². The van der Waals surface area contributed by atoms with Crippen molar-refractivity contribution in [2.45, 2.75) is 0 Å². The van der Waals surface area contributed by atoms with Crippen LogP contribution in [0.25, 0.3) is 0 Å². The molecule has 4 nitrogen and oxygen atoms in total. The number of carbonyl (C=O) groups excluding carboxylic acids is 2. The van der Waals surface area contributed by atoms with E-state index in [2.05, 4.69) is 42.5 Å². The zero-order chi connectivity index (χ0) is 12.1. The Labute approximate surface area is 110 Å². The summed E-state index contributed by atoms with van der Waals surface area (Å²) >= 11 is 6.57.